The summed E-state index contributed by atoms with van der Waals surface area (Å²) in [6.07, 6.45) is 4.49. The second-order valence-corrected chi connectivity index (χ2v) is 5.78. The number of halogens is 1. The van der Waals surface area contributed by atoms with E-state index >= 15 is 0 Å². The fraction of sp³-hybridized carbons (Fsp3) is 0.200. The lowest BCUT2D eigenvalue weighted by Gasteiger charge is -2.19. The van der Waals surface area contributed by atoms with Gasteiger partial charge in [0.05, 0.1) is 25.5 Å². The summed E-state index contributed by atoms with van der Waals surface area (Å²) in [5.74, 6) is 0.336. The maximum Gasteiger partial charge on any atom is 0.338 e. The minimum atomic E-state index is -0.557. The molecule has 0 spiro atoms. The van der Waals surface area contributed by atoms with Crippen molar-refractivity contribution in [2.45, 2.75) is 12.6 Å². The van der Waals surface area contributed by atoms with Crippen LogP contribution in [0.25, 0.3) is 0 Å². The summed E-state index contributed by atoms with van der Waals surface area (Å²) in [6.45, 7) is 0.495. The van der Waals surface area contributed by atoms with Crippen molar-refractivity contribution in [2.24, 2.45) is 0 Å². The quantitative estimate of drug-likeness (QED) is 0.569. The molecule has 0 amide bonds. The van der Waals surface area contributed by atoms with Gasteiger partial charge in [0.15, 0.2) is 6.10 Å². The van der Waals surface area contributed by atoms with E-state index in [1.807, 2.05) is 0 Å². The van der Waals surface area contributed by atoms with Gasteiger partial charge in [0.2, 0.25) is 0 Å². The monoisotopic (exact) mass is 370 g/mol. The Labute approximate surface area is 156 Å². The highest BCUT2D eigenvalue weighted by molar-refractivity contribution is 5.89. The van der Waals surface area contributed by atoms with Crippen LogP contribution in [0.3, 0.4) is 0 Å². The van der Waals surface area contributed by atoms with E-state index in [2.05, 4.69) is 4.98 Å². The van der Waals surface area contributed by atoms with E-state index in [0.29, 0.717) is 23.6 Å². The Hall–Kier alpha value is -3.35. The Morgan fingerprint density at radius 1 is 1.11 bits per heavy atom. The van der Waals surface area contributed by atoms with Gasteiger partial charge in [-0.3, -0.25) is 0 Å². The van der Waals surface area contributed by atoms with Gasteiger partial charge in [-0.05, 0) is 48.5 Å². The van der Waals surface area contributed by atoms with E-state index in [4.69, 9.17) is 14.2 Å². The van der Waals surface area contributed by atoms with Crippen LogP contribution in [0.1, 0.15) is 10.4 Å². The summed E-state index contributed by atoms with van der Waals surface area (Å²) >= 11 is 0. The third kappa shape index (κ3) is 5.31. The van der Waals surface area contributed by atoms with Crippen molar-refractivity contribution in [1.82, 2.24) is 9.55 Å². The van der Waals surface area contributed by atoms with E-state index in [-0.39, 0.29) is 12.4 Å². The molecule has 0 fully saturated rings. The van der Waals surface area contributed by atoms with Gasteiger partial charge < -0.3 is 18.8 Å². The van der Waals surface area contributed by atoms with Crippen LogP contribution in [0, 0.1) is 5.82 Å². The number of carbonyl (C=O) groups is 1. The summed E-state index contributed by atoms with van der Waals surface area (Å²) < 4.78 is 31.1. The van der Waals surface area contributed by atoms with Crippen LogP contribution >= 0.6 is 0 Å². The van der Waals surface area contributed by atoms with Crippen LogP contribution in [0.5, 0.6) is 11.5 Å². The molecular weight excluding hydrogens is 351 g/mol. The number of hydrogen-bond donors (Lipinski definition) is 0. The second kappa shape index (κ2) is 8.84. The smallest absolute Gasteiger partial charge is 0.338 e. The first-order valence-electron chi connectivity index (χ1n) is 8.33. The van der Waals surface area contributed by atoms with Gasteiger partial charge in [0.25, 0.3) is 0 Å². The van der Waals surface area contributed by atoms with Gasteiger partial charge in [0.1, 0.15) is 23.9 Å². The third-order valence-corrected chi connectivity index (χ3v) is 3.82. The maximum atomic E-state index is 13.0. The summed E-state index contributed by atoms with van der Waals surface area (Å²) in [4.78, 5) is 16.4. The molecule has 27 heavy (non-hydrogen) atoms. The van der Waals surface area contributed by atoms with Crippen LogP contribution in [0.2, 0.25) is 0 Å². The molecule has 6 nitrogen and oxygen atoms in total. The van der Waals surface area contributed by atoms with Crippen molar-refractivity contribution in [3.63, 3.8) is 0 Å². The van der Waals surface area contributed by atoms with Gasteiger partial charge in [-0.25, -0.2) is 14.2 Å². The number of carbonyl (C=O) groups excluding carboxylic acids is 1. The summed E-state index contributed by atoms with van der Waals surface area (Å²) in [7, 11) is 1.56. The molecule has 1 atom stereocenters. The van der Waals surface area contributed by atoms with Gasteiger partial charge >= 0.3 is 5.97 Å². The van der Waals surface area contributed by atoms with Crippen molar-refractivity contribution >= 4 is 5.97 Å². The first kappa shape index (κ1) is 18.4. The first-order valence-corrected chi connectivity index (χ1v) is 8.33. The number of esters is 1. The fourth-order valence-electron chi connectivity index (χ4n) is 2.42. The molecule has 2 aromatic carbocycles. The topological polar surface area (TPSA) is 62.6 Å². The minimum Gasteiger partial charge on any atom is -0.497 e. The lowest BCUT2D eigenvalue weighted by molar-refractivity contribution is 0.0125. The molecule has 0 saturated carbocycles. The molecule has 0 unspecified atom stereocenters. The van der Waals surface area contributed by atoms with Crippen LogP contribution in [0.15, 0.2) is 67.3 Å². The van der Waals surface area contributed by atoms with E-state index in [1.54, 1.807) is 54.7 Å². The van der Waals surface area contributed by atoms with E-state index in [9.17, 15) is 9.18 Å². The zero-order valence-electron chi connectivity index (χ0n) is 14.7. The minimum absolute atomic E-state index is 0.117. The maximum absolute atomic E-state index is 13.0. The normalized spacial score (nSPS) is 11.6. The molecule has 0 bridgehead atoms. The molecule has 140 valence electrons. The first-order chi connectivity index (χ1) is 13.1. The highest BCUT2D eigenvalue weighted by Gasteiger charge is 2.18. The Morgan fingerprint density at radius 2 is 1.81 bits per heavy atom. The van der Waals surface area contributed by atoms with Gasteiger partial charge in [0, 0.05) is 12.4 Å². The van der Waals surface area contributed by atoms with Crippen molar-refractivity contribution in [3.05, 3.63) is 78.6 Å². The number of benzene rings is 2. The van der Waals surface area contributed by atoms with E-state index in [1.165, 1.54) is 24.3 Å². The van der Waals surface area contributed by atoms with Crippen molar-refractivity contribution in [2.75, 3.05) is 13.7 Å². The molecule has 0 N–H and O–H groups in total. The Kier molecular flexibility index (Phi) is 6.04. The number of nitrogens with zero attached hydrogens (tertiary/aromatic N) is 2. The lowest BCUT2D eigenvalue weighted by atomic mass is 10.2. The van der Waals surface area contributed by atoms with Crippen LogP contribution in [-0.2, 0) is 11.3 Å². The molecule has 3 rings (SSSR count). The largest absolute Gasteiger partial charge is 0.497 e. The summed E-state index contributed by atoms with van der Waals surface area (Å²) in [5.41, 5.74) is 0.410. The zero-order valence-corrected chi connectivity index (χ0v) is 14.7. The van der Waals surface area contributed by atoms with Gasteiger partial charge in [-0.1, -0.05) is 0 Å². The number of methoxy groups -OCH3 is 1. The molecule has 0 saturated heterocycles. The van der Waals surface area contributed by atoms with Gasteiger partial charge in [-0.2, -0.15) is 0 Å². The lowest BCUT2D eigenvalue weighted by Crippen LogP contribution is -2.29. The number of imidazole rings is 1. The number of aromatic nitrogens is 2. The molecule has 0 aliphatic heterocycles. The predicted octanol–water partition coefficient (Wildman–Crippen LogP) is 3.34. The molecule has 0 aliphatic rings. The number of ether oxygens (including phenoxy) is 3. The van der Waals surface area contributed by atoms with Crippen LogP contribution in [-0.4, -0.2) is 35.3 Å². The third-order valence-electron chi connectivity index (χ3n) is 3.82. The molecule has 3 aromatic rings. The average molecular weight is 370 g/mol. The van der Waals surface area contributed by atoms with Crippen molar-refractivity contribution in [3.8, 4) is 11.5 Å². The van der Waals surface area contributed by atoms with E-state index < -0.39 is 12.1 Å². The Balaban J connectivity index is 1.66. The SMILES string of the molecule is COc1ccc(C(=O)O[C@@H](COc2ccc(F)cc2)Cn2ccnc2)cc1. The standard InChI is InChI=1S/C20H19FN2O4/c1-25-17-6-2-15(3-7-17)20(24)27-19(12-23-11-10-22-14-23)13-26-18-8-4-16(21)5-9-18/h2-11,14,19H,12-13H2,1H3/t19-/m1/s1. The van der Waals surface area contributed by atoms with Crippen LogP contribution < -0.4 is 9.47 Å². The zero-order chi connectivity index (χ0) is 19.1. The van der Waals surface area contributed by atoms with E-state index in [0.717, 1.165) is 0 Å². The summed E-state index contributed by atoms with van der Waals surface area (Å²) in [6, 6.07) is 12.3. The molecular formula is C20H19FN2O4. The highest BCUT2D eigenvalue weighted by atomic mass is 19.1. The number of rotatable bonds is 8. The highest BCUT2D eigenvalue weighted by Crippen LogP contribution is 2.15. The molecule has 1 heterocycles. The van der Waals surface area contributed by atoms with Gasteiger partial charge in [-0.15, -0.1) is 0 Å². The molecule has 0 aliphatic carbocycles. The Bertz CT molecular complexity index is 849. The van der Waals surface area contributed by atoms with Crippen molar-refractivity contribution in [1.29, 1.82) is 0 Å². The second-order valence-electron chi connectivity index (χ2n) is 5.78. The molecule has 7 heteroatoms. The molecule has 1 aromatic heterocycles. The van der Waals surface area contributed by atoms with Crippen LogP contribution in [0.4, 0.5) is 4.39 Å². The van der Waals surface area contributed by atoms with Crippen molar-refractivity contribution < 1.29 is 23.4 Å². The summed E-state index contributed by atoms with van der Waals surface area (Å²) in [5, 5.41) is 0. The Morgan fingerprint density at radius 3 is 2.44 bits per heavy atom. The molecule has 0 radical (unpaired) electrons. The fourth-order valence-corrected chi connectivity index (χ4v) is 2.42. The number of hydrogen-bond acceptors (Lipinski definition) is 5. The predicted molar refractivity (Wildman–Crippen MR) is 96.3 cm³/mol. The average Bonchev–Trinajstić information content (AvgIpc) is 3.20.